The summed E-state index contributed by atoms with van der Waals surface area (Å²) in [5.41, 5.74) is 1.84. The SMILES string of the molecule is CCC/C=C/c1ccc(C(=O)NCc2cccs2)cc1. The second-order valence-corrected chi connectivity index (χ2v) is 5.61. The minimum absolute atomic E-state index is 0.0255. The highest BCUT2D eigenvalue weighted by molar-refractivity contribution is 7.09. The van der Waals surface area contributed by atoms with E-state index in [-0.39, 0.29) is 5.91 Å². The van der Waals surface area contributed by atoms with Crippen LogP contribution < -0.4 is 5.32 Å². The lowest BCUT2D eigenvalue weighted by Crippen LogP contribution is -2.22. The summed E-state index contributed by atoms with van der Waals surface area (Å²) in [6.45, 7) is 2.75. The molecular weight excluding hydrogens is 266 g/mol. The monoisotopic (exact) mass is 285 g/mol. The van der Waals surface area contributed by atoms with Crippen molar-refractivity contribution in [2.75, 3.05) is 0 Å². The largest absolute Gasteiger partial charge is 0.347 e. The molecule has 1 heterocycles. The number of benzene rings is 1. The van der Waals surface area contributed by atoms with E-state index in [0.29, 0.717) is 12.1 Å². The topological polar surface area (TPSA) is 29.1 Å². The third-order valence-electron chi connectivity index (χ3n) is 2.94. The Labute approximate surface area is 124 Å². The smallest absolute Gasteiger partial charge is 0.251 e. The standard InChI is InChI=1S/C17H19NOS/c1-2-3-4-6-14-8-10-15(11-9-14)17(19)18-13-16-7-5-12-20-16/h4-12H,2-3,13H2,1H3,(H,18,19)/b6-4+. The molecule has 0 aliphatic carbocycles. The summed E-state index contributed by atoms with van der Waals surface area (Å²) < 4.78 is 0. The number of carbonyl (C=O) groups excluding carboxylic acids is 1. The van der Waals surface area contributed by atoms with Crippen LogP contribution in [0.1, 0.15) is 40.6 Å². The van der Waals surface area contributed by atoms with Crippen molar-refractivity contribution in [1.82, 2.24) is 5.32 Å². The van der Waals surface area contributed by atoms with Gasteiger partial charge in [-0.05, 0) is 35.6 Å². The molecule has 0 aliphatic rings. The van der Waals surface area contributed by atoms with Crippen molar-refractivity contribution in [3.63, 3.8) is 0 Å². The summed E-state index contributed by atoms with van der Waals surface area (Å²) in [6.07, 6.45) is 6.49. The van der Waals surface area contributed by atoms with Gasteiger partial charge in [-0.1, -0.05) is 43.7 Å². The Morgan fingerprint density at radius 1 is 1.25 bits per heavy atom. The summed E-state index contributed by atoms with van der Waals surface area (Å²) in [5.74, 6) is -0.0255. The molecular formula is C17H19NOS. The van der Waals surface area contributed by atoms with Gasteiger partial charge in [0.25, 0.3) is 5.91 Å². The van der Waals surface area contributed by atoms with E-state index in [1.165, 1.54) is 0 Å². The molecule has 104 valence electrons. The molecule has 1 aromatic heterocycles. The minimum Gasteiger partial charge on any atom is -0.347 e. The van der Waals surface area contributed by atoms with Crippen LogP contribution in [0.25, 0.3) is 6.08 Å². The van der Waals surface area contributed by atoms with E-state index in [2.05, 4.69) is 24.4 Å². The van der Waals surface area contributed by atoms with Crippen LogP contribution in [0.5, 0.6) is 0 Å². The molecule has 1 aromatic carbocycles. The summed E-state index contributed by atoms with van der Waals surface area (Å²) in [6, 6.07) is 11.7. The molecule has 0 fully saturated rings. The molecule has 3 heteroatoms. The fraction of sp³-hybridized carbons (Fsp3) is 0.235. The molecule has 2 aromatic rings. The fourth-order valence-corrected chi connectivity index (χ4v) is 2.46. The van der Waals surface area contributed by atoms with Crippen molar-refractivity contribution in [1.29, 1.82) is 0 Å². The van der Waals surface area contributed by atoms with E-state index in [4.69, 9.17) is 0 Å². The summed E-state index contributed by atoms with van der Waals surface area (Å²) in [4.78, 5) is 13.2. The Balaban J connectivity index is 1.90. The molecule has 2 nitrogen and oxygen atoms in total. The highest BCUT2D eigenvalue weighted by atomic mass is 32.1. The van der Waals surface area contributed by atoms with E-state index >= 15 is 0 Å². The zero-order chi connectivity index (χ0) is 14.2. The Kier molecular flexibility index (Phi) is 5.56. The van der Waals surface area contributed by atoms with Crippen molar-refractivity contribution >= 4 is 23.3 Å². The summed E-state index contributed by atoms with van der Waals surface area (Å²) in [5, 5.41) is 4.94. The zero-order valence-corrected chi connectivity index (χ0v) is 12.5. The Hall–Kier alpha value is -1.87. The van der Waals surface area contributed by atoms with Gasteiger partial charge in [-0.25, -0.2) is 0 Å². The van der Waals surface area contributed by atoms with E-state index in [9.17, 15) is 4.79 Å². The van der Waals surface area contributed by atoms with Gasteiger partial charge in [-0.3, -0.25) is 4.79 Å². The molecule has 0 radical (unpaired) electrons. The lowest BCUT2D eigenvalue weighted by molar-refractivity contribution is 0.0951. The maximum atomic E-state index is 12.0. The number of thiophene rings is 1. The lowest BCUT2D eigenvalue weighted by Gasteiger charge is -2.04. The second kappa shape index (κ2) is 7.65. The number of allylic oxidation sites excluding steroid dienone is 1. The van der Waals surface area contributed by atoms with Crippen LogP contribution in [0.2, 0.25) is 0 Å². The highest BCUT2D eigenvalue weighted by Crippen LogP contribution is 2.10. The van der Waals surface area contributed by atoms with Crippen LogP contribution in [-0.4, -0.2) is 5.91 Å². The third kappa shape index (κ3) is 4.35. The number of unbranched alkanes of at least 4 members (excludes halogenated alkanes) is 1. The molecule has 20 heavy (non-hydrogen) atoms. The molecule has 1 N–H and O–H groups in total. The van der Waals surface area contributed by atoms with Gasteiger partial charge in [0.15, 0.2) is 0 Å². The van der Waals surface area contributed by atoms with Gasteiger partial charge < -0.3 is 5.32 Å². The summed E-state index contributed by atoms with van der Waals surface area (Å²) in [7, 11) is 0. The quantitative estimate of drug-likeness (QED) is 0.832. The van der Waals surface area contributed by atoms with Gasteiger partial charge in [0.1, 0.15) is 0 Å². The molecule has 0 unspecified atom stereocenters. The Morgan fingerprint density at radius 3 is 2.70 bits per heavy atom. The predicted molar refractivity (Wildman–Crippen MR) is 85.9 cm³/mol. The first-order valence-corrected chi connectivity index (χ1v) is 7.74. The van der Waals surface area contributed by atoms with Crippen LogP contribution in [0.3, 0.4) is 0 Å². The van der Waals surface area contributed by atoms with Crippen molar-refractivity contribution in [2.45, 2.75) is 26.3 Å². The predicted octanol–water partition coefficient (Wildman–Crippen LogP) is 4.49. The molecule has 0 bridgehead atoms. The van der Waals surface area contributed by atoms with Gasteiger partial charge in [0, 0.05) is 10.4 Å². The van der Waals surface area contributed by atoms with Crippen molar-refractivity contribution in [3.05, 3.63) is 63.9 Å². The van der Waals surface area contributed by atoms with E-state index < -0.39 is 0 Å². The molecule has 0 saturated heterocycles. The van der Waals surface area contributed by atoms with Crippen LogP contribution in [-0.2, 0) is 6.54 Å². The maximum Gasteiger partial charge on any atom is 0.251 e. The average Bonchev–Trinajstić information content (AvgIpc) is 2.99. The number of rotatable bonds is 6. The number of nitrogens with one attached hydrogen (secondary N) is 1. The van der Waals surface area contributed by atoms with Crippen molar-refractivity contribution in [2.24, 2.45) is 0 Å². The maximum absolute atomic E-state index is 12.0. The minimum atomic E-state index is -0.0255. The normalized spacial score (nSPS) is 10.8. The van der Waals surface area contributed by atoms with Gasteiger partial charge in [-0.2, -0.15) is 0 Å². The Bertz CT molecular complexity index is 555. The molecule has 1 amide bonds. The first-order chi connectivity index (χ1) is 9.79. The lowest BCUT2D eigenvalue weighted by atomic mass is 10.1. The van der Waals surface area contributed by atoms with Crippen molar-refractivity contribution in [3.8, 4) is 0 Å². The first-order valence-electron chi connectivity index (χ1n) is 6.87. The molecule has 0 atom stereocenters. The molecule has 0 saturated carbocycles. The second-order valence-electron chi connectivity index (χ2n) is 4.58. The number of hydrogen-bond acceptors (Lipinski definition) is 2. The first kappa shape index (κ1) is 14.5. The molecule has 2 rings (SSSR count). The zero-order valence-electron chi connectivity index (χ0n) is 11.6. The van der Waals surface area contributed by atoms with E-state index in [0.717, 1.165) is 23.3 Å². The summed E-state index contributed by atoms with van der Waals surface area (Å²) >= 11 is 1.65. The fourth-order valence-electron chi connectivity index (χ4n) is 1.81. The van der Waals surface area contributed by atoms with Gasteiger partial charge in [0.2, 0.25) is 0 Å². The van der Waals surface area contributed by atoms with Gasteiger partial charge >= 0.3 is 0 Å². The average molecular weight is 285 g/mol. The van der Waals surface area contributed by atoms with Crippen LogP contribution in [0, 0.1) is 0 Å². The number of carbonyl (C=O) groups is 1. The highest BCUT2D eigenvalue weighted by Gasteiger charge is 2.04. The number of amides is 1. The van der Waals surface area contributed by atoms with Crippen LogP contribution in [0.15, 0.2) is 47.9 Å². The third-order valence-corrected chi connectivity index (χ3v) is 3.82. The van der Waals surface area contributed by atoms with Gasteiger partial charge in [0.05, 0.1) is 6.54 Å². The number of hydrogen-bond donors (Lipinski definition) is 1. The van der Waals surface area contributed by atoms with Crippen molar-refractivity contribution < 1.29 is 4.79 Å². The van der Waals surface area contributed by atoms with Crippen LogP contribution >= 0.6 is 11.3 Å². The van der Waals surface area contributed by atoms with Gasteiger partial charge in [-0.15, -0.1) is 11.3 Å². The Morgan fingerprint density at radius 2 is 2.05 bits per heavy atom. The molecule has 0 spiro atoms. The molecule has 0 aliphatic heterocycles. The van der Waals surface area contributed by atoms with Crippen LogP contribution in [0.4, 0.5) is 0 Å². The van der Waals surface area contributed by atoms with E-state index in [1.54, 1.807) is 11.3 Å². The van der Waals surface area contributed by atoms with E-state index in [1.807, 2.05) is 41.8 Å².